The van der Waals surface area contributed by atoms with Crippen molar-refractivity contribution in [3.8, 4) is 0 Å². The van der Waals surface area contributed by atoms with Crippen LogP contribution in [0.1, 0.15) is 35.2 Å². The van der Waals surface area contributed by atoms with E-state index >= 15 is 0 Å². The SMILES string of the molecule is CC(NC(=O)Cc1cccc(C(F)(F)F)c1)c1cccc(C(F)(F)F)c1. The normalized spacial score (nSPS) is 13.3. The number of amides is 1. The first kappa shape index (κ1) is 19.8. The summed E-state index contributed by atoms with van der Waals surface area (Å²) in [7, 11) is 0. The van der Waals surface area contributed by atoms with E-state index in [1.54, 1.807) is 0 Å². The molecule has 1 unspecified atom stereocenters. The number of nitrogens with one attached hydrogen (secondary N) is 1. The Balaban J connectivity index is 2.06. The van der Waals surface area contributed by atoms with E-state index in [1.165, 1.54) is 31.2 Å². The highest BCUT2D eigenvalue weighted by molar-refractivity contribution is 5.79. The van der Waals surface area contributed by atoms with Crippen molar-refractivity contribution in [2.75, 3.05) is 0 Å². The predicted molar refractivity (Wildman–Crippen MR) is 83.1 cm³/mol. The molecule has 0 bridgehead atoms. The Morgan fingerprint density at radius 2 is 1.46 bits per heavy atom. The lowest BCUT2D eigenvalue weighted by atomic mass is 10.0. The van der Waals surface area contributed by atoms with Gasteiger partial charge >= 0.3 is 12.4 Å². The van der Waals surface area contributed by atoms with Crippen LogP contribution < -0.4 is 5.32 Å². The third-order valence-corrected chi connectivity index (χ3v) is 3.71. The van der Waals surface area contributed by atoms with Crippen molar-refractivity contribution in [2.24, 2.45) is 0 Å². The van der Waals surface area contributed by atoms with E-state index in [9.17, 15) is 31.1 Å². The van der Waals surface area contributed by atoms with Crippen molar-refractivity contribution >= 4 is 5.91 Å². The summed E-state index contributed by atoms with van der Waals surface area (Å²) in [6.45, 7) is 1.50. The molecule has 0 heterocycles. The zero-order chi connectivity index (χ0) is 19.5. The fourth-order valence-corrected chi connectivity index (χ4v) is 2.40. The standard InChI is InChI=1S/C18H15F6NO/c1-11(13-5-3-7-15(10-13)18(22,23)24)25-16(26)9-12-4-2-6-14(8-12)17(19,20)21/h2-8,10-11H,9H2,1H3,(H,25,26). The Bertz CT molecular complexity index is 782. The molecule has 26 heavy (non-hydrogen) atoms. The average Bonchev–Trinajstić information content (AvgIpc) is 2.53. The van der Waals surface area contributed by atoms with Gasteiger partial charge in [0.1, 0.15) is 0 Å². The summed E-state index contributed by atoms with van der Waals surface area (Å²) in [5.41, 5.74) is -1.30. The Labute approximate surface area is 145 Å². The fraction of sp³-hybridized carbons (Fsp3) is 0.278. The summed E-state index contributed by atoms with van der Waals surface area (Å²) < 4.78 is 76.2. The van der Waals surface area contributed by atoms with Crippen LogP contribution in [0.2, 0.25) is 0 Å². The molecule has 0 aliphatic carbocycles. The Morgan fingerprint density at radius 1 is 0.923 bits per heavy atom. The predicted octanol–water partition coefficient (Wildman–Crippen LogP) is 5.14. The summed E-state index contributed by atoms with van der Waals surface area (Å²) in [6.07, 6.45) is -9.33. The van der Waals surface area contributed by atoms with E-state index in [2.05, 4.69) is 5.32 Å². The Hall–Kier alpha value is -2.51. The second kappa shape index (κ2) is 7.39. The largest absolute Gasteiger partial charge is 0.416 e. The number of halogens is 6. The second-order valence-corrected chi connectivity index (χ2v) is 5.79. The number of alkyl halides is 6. The van der Waals surface area contributed by atoms with Crippen LogP contribution in [-0.4, -0.2) is 5.91 Å². The summed E-state index contributed by atoms with van der Waals surface area (Å²) in [5.74, 6) is -0.589. The zero-order valence-electron chi connectivity index (χ0n) is 13.6. The molecule has 0 saturated heterocycles. The first-order chi connectivity index (χ1) is 12.0. The minimum Gasteiger partial charge on any atom is -0.349 e. The lowest BCUT2D eigenvalue weighted by Gasteiger charge is -2.16. The third-order valence-electron chi connectivity index (χ3n) is 3.71. The fourth-order valence-electron chi connectivity index (χ4n) is 2.40. The maximum absolute atomic E-state index is 12.7. The van der Waals surface area contributed by atoms with E-state index in [0.29, 0.717) is 0 Å². The zero-order valence-corrected chi connectivity index (χ0v) is 13.6. The molecular weight excluding hydrogens is 360 g/mol. The van der Waals surface area contributed by atoms with Crippen LogP contribution in [-0.2, 0) is 23.6 Å². The van der Waals surface area contributed by atoms with Crippen LogP contribution in [0.5, 0.6) is 0 Å². The van der Waals surface area contributed by atoms with Gasteiger partial charge in [-0.05, 0) is 36.2 Å². The second-order valence-electron chi connectivity index (χ2n) is 5.79. The van der Waals surface area contributed by atoms with Crippen LogP contribution in [0, 0.1) is 0 Å². The molecule has 0 saturated carbocycles. The summed E-state index contributed by atoms with van der Waals surface area (Å²) in [6, 6.07) is 8.12. The van der Waals surface area contributed by atoms with Gasteiger partial charge < -0.3 is 5.32 Å². The number of benzene rings is 2. The molecule has 1 atom stereocenters. The number of hydrogen-bond donors (Lipinski definition) is 1. The number of carbonyl (C=O) groups excluding carboxylic acids is 1. The molecule has 1 N–H and O–H groups in total. The molecule has 0 fully saturated rings. The molecule has 2 rings (SSSR count). The minimum absolute atomic E-state index is 0.161. The van der Waals surface area contributed by atoms with E-state index in [4.69, 9.17) is 0 Å². The molecular formula is C18H15F6NO. The Kier molecular flexibility index (Phi) is 5.63. The van der Waals surface area contributed by atoms with Crippen molar-refractivity contribution in [2.45, 2.75) is 31.7 Å². The van der Waals surface area contributed by atoms with Gasteiger partial charge in [0, 0.05) is 0 Å². The first-order valence-electron chi connectivity index (χ1n) is 7.59. The van der Waals surface area contributed by atoms with Gasteiger partial charge in [0.15, 0.2) is 0 Å². The van der Waals surface area contributed by atoms with Gasteiger partial charge in [-0.15, -0.1) is 0 Å². The van der Waals surface area contributed by atoms with Gasteiger partial charge in [0.05, 0.1) is 23.6 Å². The number of hydrogen-bond acceptors (Lipinski definition) is 1. The molecule has 2 aromatic carbocycles. The average molecular weight is 375 g/mol. The molecule has 8 heteroatoms. The van der Waals surface area contributed by atoms with Gasteiger partial charge in [-0.1, -0.05) is 30.3 Å². The Morgan fingerprint density at radius 3 is 2.04 bits per heavy atom. The maximum atomic E-state index is 12.7. The first-order valence-corrected chi connectivity index (χ1v) is 7.59. The highest BCUT2D eigenvalue weighted by atomic mass is 19.4. The van der Waals surface area contributed by atoms with Crippen molar-refractivity contribution < 1.29 is 31.1 Å². The van der Waals surface area contributed by atoms with E-state index < -0.39 is 35.4 Å². The van der Waals surface area contributed by atoms with Gasteiger partial charge in [-0.2, -0.15) is 26.3 Å². The third kappa shape index (κ3) is 5.24. The monoisotopic (exact) mass is 375 g/mol. The highest BCUT2D eigenvalue weighted by Crippen LogP contribution is 2.31. The van der Waals surface area contributed by atoms with Crippen molar-refractivity contribution in [1.82, 2.24) is 5.32 Å². The van der Waals surface area contributed by atoms with E-state index in [0.717, 1.165) is 24.3 Å². The lowest BCUT2D eigenvalue weighted by Crippen LogP contribution is -2.28. The summed E-state index contributed by atoms with van der Waals surface area (Å²) in [4.78, 5) is 12.0. The van der Waals surface area contributed by atoms with Crippen LogP contribution >= 0.6 is 0 Å². The van der Waals surface area contributed by atoms with Crippen LogP contribution in [0.3, 0.4) is 0 Å². The molecule has 2 nitrogen and oxygen atoms in total. The molecule has 1 amide bonds. The van der Waals surface area contributed by atoms with Crippen molar-refractivity contribution in [3.63, 3.8) is 0 Å². The molecule has 0 aliphatic heterocycles. The van der Waals surface area contributed by atoms with Gasteiger partial charge in [-0.25, -0.2) is 0 Å². The van der Waals surface area contributed by atoms with Crippen molar-refractivity contribution in [1.29, 1.82) is 0 Å². The van der Waals surface area contributed by atoms with Gasteiger partial charge in [0.2, 0.25) is 5.91 Å². The molecule has 140 valence electrons. The van der Waals surface area contributed by atoms with Crippen LogP contribution in [0.4, 0.5) is 26.3 Å². The van der Waals surface area contributed by atoms with Crippen LogP contribution in [0.25, 0.3) is 0 Å². The highest BCUT2D eigenvalue weighted by Gasteiger charge is 2.31. The van der Waals surface area contributed by atoms with Crippen molar-refractivity contribution in [3.05, 3.63) is 70.8 Å². The molecule has 0 aliphatic rings. The summed E-state index contributed by atoms with van der Waals surface area (Å²) >= 11 is 0. The van der Waals surface area contributed by atoms with Gasteiger partial charge in [0.25, 0.3) is 0 Å². The molecule has 0 spiro atoms. The van der Waals surface area contributed by atoms with E-state index in [-0.39, 0.29) is 17.5 Å². The lowest BCUT2D eigenvalue weighted by molar-refractivity contribution is -0.138. The van der Waals surface area contributed by atoms with Crippen LogP contribution in [0.15, 0.2) is 48.5 Å². The number of carbonyl (C=O) groups is 1. The van der Waals surface area contributed by atoms with E-state index in [1.807, 2.05) is 0 Å². The molecule has 2 aromatic rings. The maximum Gasteiger partial charge on any atom is 0.416 e. The molecule has 0 aromatic heterocycles. The molecule has 0 radical (unpaired) electrons. The quantitative estimate of drug-likeness (QED) is 0.737. The summed E-state index contributed by atoms with van der Waals surface area (Å²) in [5, 5.41) is 2.49. The van der Waals surface area contributed by atoms with Gasteiger partial charge in [-0.3, -0.25) is 4.79 Å². The topological polar surface area (TPSA) is 29.1 Å². The minimum atomic E-state index is -4.52. The number of rotatable bonds is 4. The smallest absolute Gasteiger partial charge is 0.349 e.